The van der Waals surface area contributed by atoms with Gasteiger partial charge in [0.2, 0.25) is 0 Å². The summed E-state index contributed by atoms with van der Waals surface area (Å²) in [6, 6.07) is 7.57. The van der Waals surface area contributed by atoms with E-state index in [9.17, 15) is 5.11 Å². The largest absolute Gasteiger partial charge is 0.860 e. The fourth-order valence-corrected chi connectivity index (χ4v) is 1.10. The molecule has 1 rings (SSSR count). The molecule has 0 aliphatic rings. The Hall–Kier alpha value is -1.51. The van der Waals surface area contributed by atoms with Gasteiger partial charge in [0.1, 0.15) is 12.4 Å². The summed E-state index contributed by atoms with van der Waals surface area (Å²) in [5, 5.41) is 17.0. The van der Waals surface area contributed by atoms with Crippen molar-refractivity contribution in [1.29, 1.82) is 5.41 Å². The van der Waals surface area contributed by atoms with E-state index in [4.69, 9.17) is 10.1 Å². The van der Waals surface area contributed by atoms with Gasteiger partial charge in [0.05, 0.1) is 0 Å². The second kappa shape index (κ2) is 4.65. The van der Waals surface area contributed by atoms with Crippen molar-refractivity contribution in [3.63, 3.8) is 0 Å². The Morgan fingerprint density at radius 1 is 1.36 bits per heavy atom. The molecule has 0 saturated carbocycles. The molecule has 76 valence electrons. The quantitative estimate of drug-likeness (QED) is 0.581. The Morgan fingerprint density at radius 2 is 1.93 bits per heavy atom. The summed E-state index contributed by atoms with van der Waals surface area (Å²) in [4.78, 5) is 0. The second-order valence-electron chi connectivity index (χ2n) is 3.44. The molecular formula is C11H14NO2-. The van der Waals surface area contributed by atoms with E-state index in [1.165, 1.54) is 5.56 Å². The first-order valence-corrected chi connectivity index (χ1v) is 4.57. The number of hydrogen-bond acceptors (Lipinski definition) is 3. The van der Waals surface area contributed by atoms with E-state index in [0.29, 0.717) is 11.7 Å². The molecule has 1 N–H and O–H groups in total. The first-order valence-electron chi connectivity index (χ1n) is 4.57. The van der Waals surface area contributed by atoms with Gasteiger partial charge in [-0.1, -0.05) is 26.0 Å². The molecule has 14 heavy (non-hydrogen) atoms. The average molecular weight is 192 g/mol. The van der Waals surface area contributed by atoms with E-state index in [2.05, 4.69) is 13.8 Å². The normalized spacial score (nSPS) is 10.2. The molecule has 0 atom stereocenters. The van der Waals surface area contributed by atoms with Crippen LogP contribution in [0.15, 0.2) is 24.3 Å². The van der Waals surface area contributed by atoms with Gasteiger partial charge >= 0.3 is 0 Å². The summed E-state index contributed by atoms with van der Waals surface area (Å²) >= 11 is 0. The standard InChI is InChI=1S/C11H15NO2/c1-8(2)9-3-5-10(6-4-9)14-7-11(12)13/h3-6,8H,7H2,1-2H3,(H2,12,13)/p-1. The van der Waals surface area contributed by atoms with Crippen LogP contribution in [-0.2, 0) is 0 Å². The first-order chi connectivity index (χ1) is 6.59. The van der Waals surface area contributed by atoms with Gasteiger partial charge in [-0.05, 0) is 29.5 Å². The van der Waals surface area contributed by atoms with Crippen molar-refractivity contribution in [3.8, 4) is 5.75 Å². The second-order valence-corrected chi connectivity index (χ2v) is 3.44. The summed E-state index contributed by atoms with van der Waals surface area (Å²) in [5.41, 5.74) is 1.23. The van der Waals surface area contributed by atoms with Crippen LogP contribution in [0.3, 0.4) is 0 Å². The number of hydrogen-bond donors (Lipinski definition) is 1. The lowest BCUT2D eigenvalue weighted by Crippen LogP contribution is -2.23. The third kappa shape index (κ3) is 3.09. The van der Waals surface area contributed by atoms with Crippen LogP contribution in [0.1, 0.15) is 25.3 Å². The lowest BCUT2D eigenvalue weighted by molar-refractivity contribution is -0.222. The zero-order chi connectivity index (χ0) is 10.6. The van der Waals surface area contributed by atoms with E-state index in [-0.39, 0.29) is 6.61 Å². The van der Waals surface area contributed by atoms with E-state index in [1.807, 2.05) is 24.3 Å². The van der Waals surface area contributed by atoms with Gasteiger partial charge in [0.25, 0.3) is 0 Å². The van der Waals surface area contributed by atoms with E-state index >= 15 is 0 Å². The third-order valence-corrected chi connectivity index (χ3v) is 1.92. The molecule has 1 aromatic rings. The number of ether oxygens (including phenoxy) is 1. The minimum atomic E-state index is -0.710. The van der Waals surface area contributed by atoms with E-state index < -0.39 is 5.90 Å². The molecule has 3 heteroatoms. The van der Waals surface area contributed by atoms with Gasteiger partial charge in [0, 0.05) is 0 Å². The minimum Gasteiger partial charge on any atom is -0.860 e. The molecule has 0 bridgehead atoms. The molecule has 0 aliphatic heterocycles. The third-order valence-electron chi connectivity index (χ3n) is 1.92. The monoisotopic (exact) mass is 192 g/mol. The smallest absolute Gasteiger partial charge is 0.119 e. The highest BCUT2D eigenvalue weighted by atomic mass is 16.5. The summed E-state index contributed by atoms with van der Waals surface area (Å²) in [6.45, 7) is 4.05. The number of rotatable bonds is 4. The first kappa shape index (κ1) is 10.6. The van der Waals surface area contributed by atoms with Gasteiger partial charge in [-0.25, -0.2) is 0 Å². The number of benzene rings is 1. The van der Waals surface area contributed by atoms with E-state index in [1.54, 1.807) is 0 Å². The highest BCUT2D eigenvalue weighted by molar-refractivity contribution is 5.69. The van der Waals surface area contributed by atoms with Crippen molar-refractivity contribution >= 4 is 5.90 Å². The maximum atomic E-state index is 10.3. The zero-order valence-corrected chi connectivity index (χ0v) is 8.41. The Balaban J connectivity index is 2.59. The molecule has 0 saturated heterocycles. The molecule has 0 unspecified atom stereocenters. The van der Waals surface area contributed by atoms with Crippen molar-refractivity contribution in [3.05, 3.63) is 29.8 Å². The summed E-state index contributed by atoms with van der Waals surface area (Å²) in [7, 11) is 0. The van der Waals surface area contributed by atoms with Gasteiger partial charge in [-0.15, -0.1) is 0 Å². The highest BCUT2D eigenvalue weighted by Crippen LogP contribution is 2.18. The average Bonchev–Trinajstić information content (AvgIpc) is 2.15. The molecule has 0 radical (unpaired) electrons. The van der Waals surface area contributed by atoms with Crippen LogP contribution in [0.25, 0.3) is 0 Å². The van der Waals surface area contributed by atoms with Gasteiger partial charge < -0.3 is 15.3 Å². The minimum absolute atomic E-state index is 0.180. The maximum absolute atomic E-state index is 10.3. The summed E-state index contributed by atoms with van der Waals surface area (Å²) in [6.07, 6.45) is 0. The fourth-order valence-electron chi connectivity index (χ4n) is 1.10. The number of nitrogens with one attached hydrogen (secondary N) is 1. The zero-order valence-electron chi connectivity index (χ0n) is 8.41. The summed E-state index contributed by atoms with van der Waals surface area (Å²) in [5.74, 6) is 0.412. The van der Waals surface area contributed by atoms with Crippen molar-refractivity contribution in [2.45, 2.75) is 19.8 Å². The van der Waals surface area contributed by atoms with Crippen LogP contribution in [0.5, 0.6) is 5.75 Å². The Kier molecular flexibility index (Phi) is 3.51. The van der Waals surface area contributed by atoms with Crippen molar-refractivity contribution in [2.75, 3.05) is 6.61 Å². The maximum Gasteiger partial charge on any atom is 0.119 e. The molecule has 0 spiro atoms. The molecular weight excluding hydrogens is 178 g/mol. The van der Waals surface area contributed by atoms with Crippen LogP contribution in [0.4, 0.5) is 0 Å². The molecule has 0 fully saturated rings. The molecule has 0 aliphatic carbocycles. The lowest BCUT2D eigenvalue weighted by Gasteiger charge is -2.11. The lowest BCUT2D eigenvalue weighted by atomic mass is 10.0. The predicted molar refractivity (Wildman–Crippen MR) is 53.8 cm³/mol. The van der Waals surface area contributed by atoms with Crippen LogP contribution in [0.2, 0.25) is 0 Å². The van der Waals surface area contributed by atoms with Crippen LogP contribution < -0.4 is 9.84 Å². The van der Waals surface area contributed by atoms with Gasteiger partial charge in [-0.3, -0.25) is 0 Å². The van der Waals surface area contributed by atoms with Crippen LogP contribution in [-0.4, -0.2) is 12.5 Å². The summed E-state index contributed by atoms with van der Waals surface area (Å²) < 4.78 is 5.07. The van der Waals surface area contributed by atoms with Crippen molar-refractivity contribution in [1.82, 2.24) is 0 Å². The predicted octanol–water partition coefficient (Wildman–Crippen LogP) is 1.53. The molecule has 0 amide bonds. The Morgan fingerprint density at radius 3 is 2.36 bits per heavy atom. The molecule has 0 heterocycles. The topological polar surface area (TPSA) is 56.1 Å². The van der Waals surface area contributed by atoms with Gasteiger partial charge in [-0.2, -0.15) is 0 Å². The molecule has 3 nitrogen and oxygen atoms in total. The van der Waals surface area contributed by atoms with Crippen LogP contribution in [0, 0.1) is 5.41 Å². The van der Waals surface area contributed by atoms with Crippen molar-refractivity contribution < 1.29 is 9.84 Å². The fraction of sp³-hybridized carbons (Fsp3) is 0.364. The Labute approximate surface area is 83.8 Å². The Bertz CT molecular complexity index is 304. The SMILES string of the molecule is CC(C)c1ccc(OCC(=N)[O-])cc1. The van der Waals surface area contributed by atoms with Crippen molar-refractivity contribution in [2.24, 2.45) is 0 Å². The van der Waals surface area contributed by atoms with Crippen LogP contribution >= 0.6 is 0 Å². The highest BCUT2D eigenvalue weighted by Gasteiger charge is 1.98. The molecule has 0 aromatic heterocycles. The van der Waals surface area contributed by atoms with E-state index in [0.717, 1.165) is 0 Å². The molecule has 1 aromatic carbocycles. The van der Waals surface area contributed by atoms with Gasteiger partial charge in [0.15, 0.2) is 0 Å².